The summed E-state index contributed by atoms with van der Waals surface area (Å²) in [7, 11) is 0. The predicted octanol–water partition coefficient (Wildman–Crippen LogP) is 3.50. The molecule has 0 unspecified atom stereocenters. The minimum atomic E-state index is -2.92. The maximum atomic E-state index is 12.3. The molecule has 0 aliphatic rings. The number of anilines is 1. The summed E-state index contributed by atoms with van der Waals surface area (Å²) >= 11 is 0. The Kier molecular flexibility index (Phi) is 4.42. The van der Waals surface area contributed by atoms with E-state index in [9.17, 15) is 13.6 Å². The van der Waals surface area contributed by atoms with E-state index in [4.69, 9.17) is 9.52 Å². The van der Waals surface area contributed by atoms with Crippen molar-refractivity contribution in [3.05, 3.63) is 47.4 Å². The Morgan fingerprint density at radius 2 is 2.14 bits per heavy atom. The van der Waals surface area contributed by atoms with Gasteiger partial charge in [0, 0.05) is 0 Å². The van der Waals surface area contributed by atoms with Crippen LogP contribution in [0.3, 0.4) is 0 Å². The second-order valence-electron chi connectivity index (χ2n) is 4.22. The summed E-state index contributed by atoms with van der Waals surface area (Å²) in [6.07, 6.45) is 0. The van der Waals surface area contributed by atoms with E-state index in [1.54, 1.807) is 25.1 Å². The lowest BCUT2D eigenvalue weighted by Gasteiger charge is -2.11. The number of halogens is 2. The highest BCUT2D eigenvalue weighted by molar-refractivity contribution is 5.88. The molecule has 0 aliphatic carbocycles. The number of para-hydroxylation sites is 2. The van der Waals surface area contributed by atoms with E-state index in [-0.39, 0.29) is 23.6 Å². The van der Waals surface area contributed by atoms with Crippen LogP contribution in [-0.2, 0) is 6.54 Å². The second-order valence-corrected chi connectivity index (χ2v) is 4.22. The molecule has 1 aromatic carbocycles. The van der Waals surface area contributed by atoms with E-state index in [0.717, 1.165) is 0 Å². The summed E-state index contributed by atoms with van der Waals surface area (Å²) in [5.41, 5.74) is 0.438. The van der Waals surface area contributed by atoms with Gasteiger partial charge in [-0.15, -0.1) is 0 Å². The second kappa shape index (κ2) is 6.25. The number of hydrogen-bond acceptors (Lipinski definition) is 4. The SMILES string of the molecule is Cc1oc(CNc2ccccc2OC(F)F)cc1C(=O)O. The van der Waals surface area contributed by atoms with E-state index in [0.29, 0.717) is 11.4 Å². The molecular weight excluding hydrogens is 284 g/mol. The third-order valence-corrected chi connectivity index (χ3v) is 2.76. The largest absolute Gasteiger partial charge is 0.478 e. The number of aryl methyl sites for hydroxylation is 1. The monoisotopic (exact) mass is 297 g/mol. The number of benzene rings is 1. The number of carboxylic acids is 1. The van der Waals surface area contributed by atoms with Crippen molar-refractivity contribution in [2.45, 2.75) is 20.1 Å². The highest BCUT2D eigenvalue weighted by atomic mass is 19.3. The van der Waals surface area contributed by atoms with Gasteiger partial charge in [-0.05, 0) is 25.1 Å². The molecule has 0 bridgehead atoms. The highest BCUT2D eigenvalue weighted by Crippen LogP contribution is 2.26. The van der Waals surface area contributed by atoms with Crippen molar-refractivity contribution < 1.29 is 27.8 Å². The Morgan fingerprint density at radius 3 is 2.76 bits per heavy atom. The van der Waals surface area contributed by atoms with Crippen molar-refractivity contribution in [1.82, 2.24) is 0 Å². The number of hydrogen-bond donors (Lipinski definition) is 2. The minimum Gasteiger partial charge on any atom is -0.478 e. The quantitative estimate of drug-likeness (QED) is 0.853. The first-order chi connectivity index (χ1) is 9.97. The molecule has 112 valence electrons. The average molecular weight is 297 g/mol. The Bertz CT molecular complexity index is 640. The summed E-state index contributed by atoms with van der Waals surface area (Å²) < 4.78 is 34.2. The van der Waals surface area contributed by atoms with E-state index in [2.05, 4.69) is 10.1 Å². The molecule has 0 fully saturated rings. The Hall–Kier alpha value is -2.57. The highest BCUT2D eigenvalue weighted by Gasteiger charge is 2.14. The lowest BCUT2D eigenvalue weighted by Crippen LogP contribution is -2.06. The van der Waals surface area contributed by atoms with Gasteiger partial charge in [0.05, 0.1) is 12.2 Å². The van der Waals surface area contributed by atoms with Crippen molar-refractivity contribution in [1.29, 1.82) is 0 Å². The van der Waals surface area contributed by atoms with Gasteiger partial charge in [0.25, 0.3) is 0 Å². The van der Waals surface area contributed by atoms with Gasteiger partial charge in [-0.1, -0.05) is 12.1 Å². The number of carboxylic acid groups (broad SMARTS) is 1. The number of ether oxygens (including phenoxy) is 1. The van der Waals surface area contributed by atoms with Gasteiger partial charge in [-0.2, -0.15) is 8.78 Å². The fraction of sp³-hybridized carbons (Fsp3) is 0.214. The number of nitrogens with one attached hydrogen (secondary N) is 1. The zero-order valence-corrected chi connectivity index (χ0v) is 11.1. The summed E-state index contributed by atoms with van der Waals surface area (Å²) in [4.78, 5) is 10.9. The van der Waals surface area contributed by atoms with E-state index >= 15 is 0 Å². The maximum absolute atomic E-state index is 12.3. The van der Waals surface area contributed by atoms with E-state index in [1.165, 1.54) is 12.1 Å². The lowest BCUT2D eigenvalue weighted by molar-refractivity contribution is -0.0493. The molecule has 1 aromatic heterocycles. The van der Waals surface area contributed by atoms with E-state index in [1.807, 2.05) is 0 Å². The number of aromatic carboxylic acids is 1. The summed E-state index contributed by atoms with van der Waals surface area (Å²) in [5.74, 6) is -0.397. The molecule has 0 amide bonds. The van der Waals surface area contributed by atoms with Crippen LogP contribution in [0.4, 0.5) is 14.5 Å². The van der Waals surface area contributed by atoms with Gasteiger partial charge in [0.1, 0.15) is 22.8 Å². The molecule has 0 spiro atoms. The van der Waals surface area contributed by atoms with Crippen LogP contribution in [0.15, 0.2) is 34.7 Å². The van der Waals surface area contributed by atoms with Gasteiger partial charge in [0.2, 0.25) is 0 Å². The van der Waals surface area contributed by atoms with Crippen LogP contribution in [0.5, 0.6) is 5.75 Å². The first-order valence-electron chi connectivity index (χ1n) is 6.07. The molecule has 5 nitrogen and oxygen atoms in total. The zero-order chi connectivity index (χ0) is 15.4. The first kappa shape index (κ1) is 14.8. The van der Waals surface area contributed by atoms with Crippen LogP contribution >= 0.6 is 0 Å². The maximum Gasteiger partial charge on any atom is 0.387 e. The van der Waals surface area contributed by atoms with E-state index < -0.39 is 12.6 Å². The molecular formula is C14H13F2NO4. The van der Waals surface area contributed by atoms with Crippen molar-refractivity contribution in [2.75, 3.05) is 5.32 Å². The van der Waals surface area contributed by atoms with Crippen LogP contribution in [0.25, 0.3) is 0 Å². The summed E-state index contributed by atoms with van der Waals surface area (Å²) in [6, 6.07) is 7.61. The molecule has 7 heteroatoms. The van der Waals surface area contributed by atoms with Crippen molar-refractivity contribution >= 4 is 11.7 Å². The van der Waals surface area contributed by atoms with Crippen LogP contribution in [0, 0.1) is 6.92 Å². The van der Waals surface area contributed by atoms with Crippen molar-refractivity contribution in [3.63, 3.8) is 0 Å². The third kappa shape index (κ3) is 3.71. The molecule has 0 radical (unpaired) electrons. The van der Waals surface area contributed by atoms with Crippen molar-refractivity contribution in [2.24, 2.45) is 0 Å². The minimum absolute atomic E-state index is 0.00855. The van der Waals surface area contributed by atoms with Crippen LogP contribution in [-0.4, -0.2) is 17.7 Å². The fourth-order valence-electron chi connectivity index (χ4n) is 1.84. The Morgan fingerprint density at radius 1 is 1.43 bits per heavy atom. The summed E-state index contributed by atoms with van der Waals surface area (Å²) in [6.45, 7) is -1.23. The standard InChI is InChI=1S/C14H13F2NO4/c1-8-10(13(18)19)6-9(20-8)7-17-11-4-2-3-5-12(11)21-14(15)16/h2-6,14,17H,7H2,1H3,(H,18,19). The molecule has 1 heterocycles. The van der Waals surface area contributed by atoms with Crippen LogP contribution < -0.4 is 10.1 Å². The number of furan rings is 1. The number of alkyl halides is 2. The topological polar surface area (TPSA) is 71.7 Å². The van der Waals surface area contributed by atoms with Gasteiger partial charge in [-0.3, -0.25) is 0 Å². The molecule has 0 aliphatic heterocycles. The van der Waals surface area contributed by atoms with Gasteiger partial charge >= 0.3 is 12.6 Å². The smallest absolute Gasteiger partial charge is 0.387 e. The third-order valence-electron chi connectivity index (χ3n) is 2.76. The molecule has 21 heavy (non-hydrogen) atoms. The number of rotatable bonds is 6. The predicted molar refractivity (Wildman–Crippen MR) is 70.8 cm³/mol. The normalized spacial score (nSPS) is 10.7. The summed E-state index contributed by atoms with van der Waals surface area (Å²) in [5, 5.41) is 11.8. The molecule has 0 saturated carbocycles. The molecule has 0 saturated heterocycles. The van der Waals surface area contributed by atoms with Gasteiger partial charge in [-0.25, -0.2) is 4.79 Å². The lowest BCUT2D eigenvalue weighted by atomic mass is 10.2. The zero-order valence-electron chi connectivity index (χ0n) is 11.1. The molecule has 2 N–H and O–H groups in total. The molecule has 2 rings (SSSR count). The first-order valence-corrected chi connectivity index (χ1v) is 6.07. The molecule has 2 aromatic rings. The Balaban J connectivity index is 2.09. The van der Waals surface area contributed by atoms with Crippen molar-refractivity contribution in [3.8, 4) is 5.75 Å². The molecule has 0 atom stereocenters. The fourth-order valence-corrected chi connectivity index (χ4v) is 1.84. The van der Waals surface area contributed by atoms with Crippen LogP contribution in [0.2, 0.25) is 0 Å². The number of carbonyl (C=O) groups is 1. The Labute approximate surface area is 119 Å². The van der Waals surface area contributed by atoms with Crippen LogP contribution in [0.1, 0.15) is 21.9 Å². The van der Waals surface area contributed by atoms with Gasteiger partial charge < -0.3 is 19.6 Å². The van der Waals surface area contributed by atoms with Gasteiger partial charge in [0.15, 0.2) is 0 Å². The average Bonchev–Trinajstić information content (AvgIpc) is 2.78.